The van der Waals surface area contributed by atoms with Crippen molar-refractivity contribution < 1.29 is 17.6 Å². The van der Waals surface area contributed by atoms with Gasteiger partial charge in [0.1, 0.15) is 12.4 Å². The molecule has 0 aliphatic rings. The average Bonchev–Trinajstić information content (AvgIpc) is 3.20. The summed E-state index contributed by atoms with van der Waals surface area (Å²) in [5.41, 5.74) is 0.0573. The highest BCUT2D eigenvalue weighted by atomic mass is 35.5. The van der Waals surface area contributed by atoms with Crippen molar-refractivity contribution in [3.8, 4) is 0 Å². The lowest BCUT2D eigenvalue weighted by atomic mass is 10.3. The predicted molar refractivity (Wildman–Crippen MR) is 122 cm³/mol. The molecule has 164 valence electrons. The smallest absolute Gasteiger partial charge is 0.264 e. The molecule has 12 heteroatoms. The highest BCUT2D eigenvalue weighted by molar-refractivity contribution is 8.01. The number of aromatic nitrogens is 2. The Morgan fingerprint density at radius 3 is 2.65 bits per heavy atom. The molecule has 1 N–H and O–H groups in total. The fourth-order valence-electron chi connectivity index (χ4n) is 2.47. The van der Waals surface area contributed by atoms with Crippen LogP contribution in [0.2, 0.25) is 5.02 Å². The maximum atomic E-state index is 13.6. The number of nitrogens with zero attached hydrogens (tertiary/aromatic N) is 3. The zero-order chi connectivity index (χ0) is 22.4. The summed E-state index contributed by atoms with van der Waals surface area (Å²) >= 11 is 8.57. The molecule has 3 aromatic rings. The topological polar surface area (TPSA) is 92.3 Å². The molecule has 7 nitrogen and oxygen atoms in total. The fraction of sp³-hybridized carbons (Fsp3) is 0.211. The van der Waals surface area contributed by atoms with E-state index in [2.05, 4.69) is 15.5 Å². The molecule has 0 saturated heterocycles. The van der Waals surface area contributed by atoms with Crippen LogP contribution >= 0.6 is 34.7 Å². The third-order valence-corrected chi connectivity index (χ3v) is 8.15. The van der Waals surface area contributed by atoms with Gasteiger partial charge in [0.15, 0.2) is 4.34 Å². The summed E-state index contributed by atoms with van der Waals surface area (Å²) < 4.78 is 41.6. The highest BCUT2D eigenvalue weighted by Crippen LogP contribution is 2.29. The first kappa shape index (κ1) is 23.5. The van der Waals surface area contributed by atoms with E-state index in [0.29, 0.717) is 4.34 Å². The number of hydrogen-bond acceptors (Lipinski definition) is 7. The van der Waals surface area contributed by atoms with Gasteiger partial charge >= 0.3 is 0 Å². The van der Waals surface area contributed by atoms with Crippen molar-refractivity contribution in [1.29, 1.82) is 0 Å². The maximum Gasteiger partial charge on any atom is 0.264 e. The molecule has 0 bridgehead atoms. The van der Waals surface area contributed by atoms with E-state index < -0.39 is 28.3 Å². The van der Waals surface area contributed by atoms with Gasteiger partial charge in [0, 0.05) is 5.75 Å². The third kappa shape index (κ3) is 5.94. The molecule has 0 unspecified atom stereocenters. The number of benzene rings is 2. The van der Waals surface area contributed by atoms with E-state index in [1.165, 1.54) is 41.3 Å². The zero-order valence-corrected chi connectivity index (χ0v) is 19.5. The van der Waals surface area contributed by atoms with Gasteiger partial charge < -0.3 is 0 Å². The number of halogens is 2. The Hall–Kier alpha value is -2.21. The molecule has 0 radical (unpaired) electrons. The fourth-order valence-corrected chi connectivity index (χ4v) is 5.77. The average molecular weight is 501 g/mol. The van der Waals surface area contributed by atoms with Crippen LogP contribution in [0.5, 0.6) is 0 Å². The van der Waals surface area contributed by atoms with Crippen LogP contribution in [0.3, 0.4) is 0 Å². The number of rotatable bonds is 9. The minimum atomic E-state index is -4.12. The predicted octanol–water partition coefficient (Wildman–Crippen LogP) is 4.67. The number of hydrogen-bond donors (Lipinski definition) is 1. The lowest BCUT2D eigenvalue weighted by Crippen LogP contribution is -2.38. The molecule has 0 aliphatic carbocycles. The molecular formula is C19H18ClFN4O3S3. The second-order valence-electron chi connectivity index (χ2n) is 6.19. The quantitative estimate of drug-likeness (QED) is 0.339. The van der Waals surface area contributed by atoms with Gasteiger partial charge in [-0.3, -0.25) is 14.4 Å². The van der Waals surface area contributed by atoms with Gasteiger partial charge in [-0.2, -0.15) is 0 Å². The molecule has 31 heavy (non-hydrogen) atoms. The number of thioether (sulfide) groups is 1. The number of sulfonamides is 1. The van der Waals surface area contributed by atoms with Crippen molar-refractivity contribution in [2.24, 2.45) is 0 Å². The Bertz CT molecular complexity index is 1160. The lowest BCUT2D eigenvalue weighted by Gasteiger charge is -2.24. The van der Waals surface area contributed by atoms with E-state index in [-0.39, 0.29) is 20.7 Å². The number of nitrogens with one attached hydrogen (secondary N) is 1. The van der Waals surface area contributed by atoms with E-state index in [0.717, 1.165) is 28.6 Å². The Morgan fingerprint density at radius 2 is 1.97 bits per heavy atom. The molecule has 3 rings (SSSR count). The summed E-state index contributed by atoms with van der Waals surface area (Å²) in [6.45, 7) is 1.48. The summed E-state index contributed by atoms with van der Waals surface area (Å²) in [5.74, 6) is -0.446. The van der Waals surface area contributed by atoms with Crippen LogP contribution in [0.4, 0.5) is 15.2 Å². The largest absolute Gasteiger partial charge is 0.299 e. The Morgan fingerprint density at radius 1 is 1.23 bits per heavy atom. The number of amides is 1. The van der Waals surface area contributed by atoms with E-state index in [1.54, 1.807) is 18.2 Å². The van der Waals surface area contributed by atoms with Crippen LogP contribution in [0.25, 0.3) is 0 Å². The van der Waals surface area contributed by atoms with Crippen LogP contribution in [0, 0.1) is 5.82 Å². The molecule has 0 atom stereocenters. The molecule has 0 saturated carbocycles. The minimum Gasteiger partial charge on any atom is -0.299 e. The summed E-state index contributed by atoms with van der Waals surface area (Å²) in [7, 11) is -4.12. The molecule has 1 heterocycles. The van der Waals surface area contributed by atoms with E-state index in [4.69, 9.17) is 11.6 Å². The van der Waals surface area contributed by atoms with E-state index in [1.807, 2.05) is 6.92 Å². The normalized spacial score (nSPS) is 11.3. The van der Waals surface area contributed by atoms with Crippen molar-refractivity contribution in [2.45, 2.75) is 22.6 Å². The summed E-state index contributed by atoms with van der Waals surface area (Å²) in [5, 5.41) is 10.5. The number of carbonyl (C=O) groups is 1. The Balaban J connectivity index is 1.87. The van der Waals surface area contributed by atoms with E-state index >= 15 is 0 Å². The van der Waals surface area contributed by atoms with Gasteiger partial charge in [-0.05, 0) is 36.8 Å². The van der Waals surface area contributed by atoms with Gasteiger partial charge in [0.25, 0.3) is 10.0 Å². The first-order chi connectivity index (χ1) is 14.8. The van der Waals surface area contributed by atoms with Crippen LogP contribution in [0.15, 0.2) is 57.8 Å². The Kier molecular flexibility index (Phi) is 7.87. The van der Waals surface area contributed by atoms with Crippen molar-refractivity contribution in [2.75, 3.05) is 21.9 Å². The maximum absolute atomic E-state index is 13.6. The van der Waals surface area contributed by atoms with Crippen LogP contribution in [-0.2, 0) is 14.8 Å². The molecule has 1 amide bonds. The van der Waals surface area contributed by atoms with Crippen molar-refractivity contribution in [1.82, 2.24) is 10.2 Å². The monoisotopic (exact) mass is 500 g/mol. The van der Waals surface area contributed by atoms with Crippen molar-refractivity contribution in [3.05, 3.63) is 59.4 Å². The molecule has 2 aromatic carbocycles. The highest BCUT2D eigenvalue weighted by Gasteiger charge is 2.28. The van der Waals surface area contributed by atoms with Crippen molar-refractivity contribution >= 4 is 61.4 Å². The summed E-state index contributed by atoms with van der Waals surface area (Å²) in [4.78, 5) is 12.6. The van der Waals surface area contributed by atoms with Gasteiger partial charge in [-0.1, -0.05) is 59.8 Å². The van der Waals surface area contributed by atoms with Crippen LogP contribution in [0.1, 0.15) is 13.3 Å². The van der Waals surface area contributed by atoms with Gasteiger partial charge in [0.05, 0.1) is 15.6 Å². The summed E-state index contributed by atoms with van der Waals surface area (Å²) in [6.07, 6.45) is 0.971. The lowest BCUT2D eigenvalue weighted by molar-refractivity contribution is -0.114. The molecule has 0 fully saturated rings. The molecule has 1 aromatic heterocycles. The van der Waals surface area contributed by atoms with Gasteiger partial charge in [-0.25, -0.2) is 12.8 Å². The Labute approximate surface area is 192 Å². The molecule has 0 spiro atoms. The van der Waals surface area contributed by atoms with Crippen LogP contribution in [-0.4, -0.2) is 36.8 Å². The SMILES string of the molecule is CCCSc1nnc(NC(=O)CN(c2ccc(F)c(Cl)c2)S(=O)(=O)c2ccccc2)s1. The van der Waals surface area contributed by atoms with Gasteiger partial charge in [-0.15, -0.1) is 10.2 Å². The third-order valence-electron chi connectivity index (χ3n) is 3.89. The van der Waals surface area contributed by atoms with Gasteiger partial charge in [0.2, 0.25) is 11.0 Å². The number of carbonyl (C=O) groups excluding carboxylic acids is 1. The molecule has 0 aliphatic heterocycles. The standard InChI is InChI=1S/C19H18ClFN4O3S3/c1-2-10-29-19-24-23-18(30-19)22-17(26)12-25(13-8-9-16(21)15(20)11-13)31(27,28)14-6-4-3-5-7-14/h3-9,11H,2,10,12H2,1H3,(H,22,23,26). The van der Waals surface area contributed by atoms with E-state index in [9.17, 15) is 17.6 Å². The first-order valence-electron chi connectivity index (χ1n) is 9.10. The summed E-state index contributed by atoms with van der Waals surface area (Å²) in [6, 6.07) is 11.1. The second-order valence-corrected chi connectivity index (χ2v) is 10.8. The zero-order valence-electron chi connectivity index (χ0n) is 16.3. The minimum absolute atomic E-state index is 0.0163. The first-order valence-corrected chi connectivity index (χ1v) is 12.7. The molecular weight excluding hydrogens is 483 g/mol. The number of anilines is 2. The van der Waals surface area contributed by atoms with Crippen LogP contribution < -0.4 is 9.62 Å². The van der Waals surface area contributed by atoms with Crippen molar-refractivity contribution in [3.63, 3.8) is 0 Å². The second kappa shape index (κ2) is 10.4.